The molecule has 0 N–H and O–H groups in total. The van der Waals surface area contributed by atoms with E-state index in [2.05, 4.69) is 9.97 Å². The lowest BCUT2D eigenvalue weighted by Crippen LogP contribution is -2.54. The quantitative estimate of drug-likeness (QED) is 0.827. The number of rotatable bonds is 2. The number of hydrogen-bond acceptors (Lipinski definition) is 5. The van der Waals surface area contributed by atoms with Gasteiger partial charge in [-0.05, 0) is 26.7 Å². The molecule has 124 valence electrons. The Bertz CT molecular complexity index is 578. The van der Waals surface area contributed by atoms with Crippen molar-refractivity contribution in [2.45, 2.75) is 38.8 Å². The van der Waals surface area contributed by atoms with E-state index in [1.54, 1.807) is 6.20 Å². The van der Waals surface area contributed by atoms with Gasteiger partial charge in [0.05, 0.1) is 12.8 Å². The minimum atomic E-state index is -0.241. The summed E-state index contributed by atoms with van der Waals surface area (Å²) < 4.78 is 5.32. The molecule has 1 aromatic heterocycles. The summed E-state index contributed by atoms with van der Waals surface area (Å²) in [5, 5.41) is 0. The Labute approximate surface area is 135 Å². The summed E-state index contributed by atoms with van der Waals surface area (Å²) >= 11 is 0. The van der Waals surface area contributed by atoms with Crippen molar-refractivity contribution in [1.82, 2.24) is 19.8 Å². The molecule has 0 spiro atoms. The molecule has 2 atom stereocenters. The molecule has 7 nitrogen and oxygen atoms in total. The first-order valence-corrected chi connectivity index (χ1v) is 8.08. The van der Waals surface area contributed by atoms with Crippen LogP contribution in [0.15, 0.2) is 18.6 Å². The summed E-state index contributed by atoms with van der Waals surface area (Å²) in [7, 11) is 0. The van der Waals surface area contributed by atoms with Crippen LogP contribution in [0.3, 0.4) is 0 Å². The first kappa shape index (κ1) is 15.7. The van der Waals surface area contributed by atoms with E-state index in [4.69, 9.17) is 4.74 Å². The number of nitrogens with zero attached hydrogens (tertiary/aromatic N) is 4. The number of aromatic nitrogens is 2. The summed E-state index contributed by atoms with van der Waals surface area (Å²) in [6, 6.07) is 0.230. The monoisotopic (exact) mass is 318 g/mol. The van der Waals surface area contributed by atoms with E-state index in [9.17, 15) is 9.59 Å². The summed E-state index contributed by atoms with van der Waals surface area (Å²) in [5.41, 5.74) is 0.366. The Kier molecular flexibility index (Phi) is 4.45. The van der Waals surface area contributed by atoms with Crippen LogP contribution in [-0.2, 0) is 4.74 Å². The molecule has 2 fully saturated rings. The van der Waals surface area contributed by atoms with Crippen molar-refractivity contribution >= 4 is 12.0 Å². The van der Waals surface area contributed by atoms with E-state index >= 15 is 0 Å². The highest BCUT2D eigenvalue weighted by molar-refractivity contribution is 5.92. The molecule has 3 rings (SSSR count). The largest absolute Gasteiger partial charge is 0.449 e. The molecule has 0 aromatic carbocycles. The second kappa shape index (κ2) is 6.52. The van der Waals surface area contributed by atoms with Gasteiger partial charge in [-0.15, -0.1) is 0 Å². The van der Waals surface area contributed by atoms with Gasteiger partial charge in [-0.3, -0.25) is 9.78 Å². The van der Waals surface area contributed by atoms with Gasteiger partial charge in [-0.1, -0.05) is 0 Å². The minimum Gasteiger partial charge on any atom is -0.449 e. The highest BCUT2D eigenvalue weighted by Crippen LogP contribution is 2.29. The molecule has 2 aliphatic heterocycles. The number of carbonyl (C=O) groups excluding carboxylic acids is 2. The fraction of sp³-hybridized carbons (Fsp3) is 0.625. The zero-order chi connectivity index (χ0) is 16.4. The molecule has 0 aliphatic carbocycles. The Hall–Kier alpha value is -2.18. The van der Waals surface area contributed by atoms with Gasteiger partial charge in [-0.25, -0.2) is 9.78 Å². The molecule has 2 aliphatic rings. The molecule has 0 bridgehead atoms. The molecule has 1 aromatic rings. The smallest absolute Gasteiger partial charge is 0.410 e. The maximum atomic E-state index is 12.5. The van der Waals surface area contributed by atoms with Gasteiger partial charge in [0.1, 0.15) is 5.69 Å². The van der Waals surface area contributed by atoms with Crippen molar-refractivity contribution in [3.8, 4) is 0 Å². The fourth-order valence-electron chi connectivity index (χ4n) is 3.47. The second-order valence-corrected chi connectivity index (χ2v) is 6.37. The Morgan fingerprint density at radius 3 is 2.78 bits per heavy atom. The van der Waals surface area contributed by atoms with Crippen molar-refractivity contribution in [2.24, 2.45) is 5.92 Å². The molecule has 7 heteroatoms. The van der Waals surface area contributed by atoms with Crippen molar-refractivity contribution in [1.29, 1.82) is 0 Å². The molecule has 23 heavy (non-hydrogen) atoms. The first-order valence-electron chi connectivity index (χ1n) is 8.08. The SMILES string of the molecule is CC(C)N1C(=O)OC[C@H]2CCN(C(=O)c3cnccn3)CC[C@@H]21. The normalized spacial score (nSPS) is 24.9. The Balaban J connectivity index is 1.74. The predicted molar refractivity (Wildman–Crippen MR) is 82.8 cm³/mol. The third kappa shape index (κ3) is 3.13. The third-order valence-electron chi connectivity index (χ3n) is 4.62. The Morgan fingerprint density at radius 1 is 1.30 bits per heavy atom. The van der Waals surface area contributed by atoms with Gasteiger partial charge in [0.15, 0.2) is 0 Å². The predicted octanol–water partition coefficient (Wildman–Crippen LogP) is 1.56. The lowest BCUT2D eigenvalue weighted by molar-refractivity contribution is -0.00597. The van der Waals surface area contributed by atoms with E-state index in [1.165, 1.54) is 12.4 Å². The molecule has 0 radical (unpaired) electrons. The highest BCUT2D eigenvalue weighted by Gasteiger charge is 2.40. The van der Waals surface area contributed by atoms with E-state index in [0.717, 1.165) is 12.8 Å². The van der Waals surface area contributed by atoms with Crippen LogP contribution in [0.1, 0.15) is 37.2 Å². The number of carbonyl (C=O) groups is 2. The van der Waals surface area contributed by atoms with Crippen LogP contribution in [0, 0.1) is 5.92 Å². The molecule has 0 saturated carbocycles. The van der Waals surface area contributed by atoms with Gasteiger partial charge in [0.2, 0.25) is 0 Å². The van der Waals surface area contributed by atoms with E-state index in [-0.39, 0.29) is 30.0 Å². The first-order chi connectivity index (χ1) is 11.1. The molecule has 3 heterocycles. The van der Waals surface area contributed by atoms with Crippen LogP contribution in [0.25, 0.3) is 0 Å². The standard InChI is InChI=1S/C16H22N4O3/c1-11(2)20-14-4-8-19(7-3-12(14)10-23-16(20)22)15(21)13-9-17-5-6-18-13/h5-6,9,11-12,14H,3-4,7-8,10H2,1-2H3/t12-,14+/m1/s1. The lowest BCUT2D eigenvalue weighted by atomic mass is 9.92. The van der Waals surface area contributed by atoms with Crippen LogP contribution in [0.5, 0.6) is 0 Å². The van der Waals surface area contributed by atoms with Crippen LogP contribution in [0.4, 0.5) is 4.79 Å². The van der Waals surface area contributed by atoms with Gasteiger partial charge >= 0.3 is 6.09 Å². The van der Waals surface area contributed by atoms with Crippen LogP contribution in [-0.4, -0.2) is 63.5 Å². The summed E-state index contributed by atoms with van der Waals surface area (Å²) in [6.07, 6.45) is 5.93. The van der Waals surface area contributed by atoms with Crippen LogP contribution >= 0.6 is 0 Å². The van der Waals surface area contributed by atoms with Crippen molar-refractivity contribution < 1.29 is 14.3 Å². The molecule has 2 saturated heterocycles. The molecule has 2 amide bonds. The maximum absolute atomic E-state index is 12.5. The molecular formula is C16H22N4O3. The second-order valence-electron chi connectivity index (χ2n) is 6.37. The zero-order valence-corrected chi connectivity index (χ0v) is 13.5. The summed E-state index contributed by atoms with van der Waals surface area (Å²) in [5.74, 6) is 0.176. The van der Waals surface area contributed by atoms with Crippen molar-refractivity contribution in [2.75, 3.05) is 19.7 Å². The van der Waals surface area contributed by atoms with Crippen molar-refractivity contribution in [3.05, 3.63) is 24.3 Å². The topological polar surface area (TPSA) is 75.6 Å². The summed E-state index contributed by atoms with van der Waals surface area (Å²) in [4.78, 5) is 36.3. The maximum Gasteiger partial charge on any atom is 0.410 e. The fourth-order valence-corrected chi connectivity index (χ4v) is 3.47. The van der Waals surface area contributed by atoms with Gasteiger partial charge in [0, 0.05) is 43.5 Å². The number of fused-ring (bicyclic) bond motifs is 1. The highest BCUT2D eigenvalue weighted by atomic mass is 16.6. The average Bonchev–Trinajstić information content (AvgIpc) is 2.77. The van der Waals surface area contributed by atoms with Gasteiger partial charge in [0.25, 0.3) is 5.91 Å². The average molecular weight is 318 g/mol. The number of amides is 2. The number of hydrogen-bond donors (Lipinski definition) is 0. The lowest BCUT2D eigenvalue weighted by Gasteiger charge is -2.41. The van der Waals surface area contributed by atoms with Gasteiger partial charge in [-0.2, -0.15) is 0 Å². The van der Waals surface area contributed by atoms with Crippen LogP contribution in [0.2, 0.25) is 0 Å². The third-order valence-corrected chi connectivity index (χ3v) is 4.62. The zero-order valence-electron chi connectivity index (χ0n) is 13.5. The number of likely N-dealkylation sites (tertiary alicyclic amines) is 1. The number of cyclic esters (lactones) is 1. The molecule has 0 unspecified atom stereocenters. The van der Waals surface area contributed by atoms with E-state index in [0.29, 0.717) is 25.4 Å². The van der Waals surface area contributed by atoms with Crippen molar-refractivity contribution in [3.63, 3.8) is 0 Å². The van der Waals surface area contributed by atoms with E-state index < -0.39 is 0 Å². The number of ether oxygens (including phenoxy) is 1. The minimum absolute atomic E-state index is 0.0949. The van der Waals surface area contributed by atoms with E-state index in [1.807, 2.05) is 23.6 Å². The van der Waals surface area contributed by atoms with Gasteiger partial charge < -0.3 is 14.5 Å². The Morgan fingerprint density at radius 2 is 2.09 bits per heavy atom. The van der Waals surface area contributed by atoms with Crippen LogP contribution < -0.4 is 0 Å². The summed E-state index contributed by atoms with van der Waals surface area (Å²) in [6.45, 7) is 5.71. The molecular weight excluding hydrogens is 296 g/mol.